The molecule has 0 saturated carbocycles. The second-order valence-corrected chi connectivity index (χ2v) is 8.26. The van der Waals surface area contributed by atoms with Gasteiger partial charge in [-0.05, 0) is 45.4 Å². The number of carbonyl (C=O) groups excluding carboxylic acids is 1. The van der Waals surface area contributed by atoms with E-state index in [-0.39, 0.29) is 54.0 Å². The van der Waals surface area contributed by atoms with Crippen molar-refractivity contribution in [3.05, 3.63) is 41.5 Å². The van der Waals surface area contributed by atoms with E-state index in [9.17, 15) is 25.2 Å². The van der Waals surface area contributed by atoms with Gasteiger partial charge in [-0.3, -0.25) is 0 Å². The molecule has 174 valence electrons. The topological polar surface area (TPSA) is 129 Å². The molecule has 3 rings (SSSR count). The number of aromatic hydroxyl groups is 4. The summed E-state index contributed by atoms with van der Waals surface area (Å²) in [6.45, 7) is 7.20. The van der Waals surface area contributed by atoms with Crippen molar-refractivity contribution >= 4 is 6.09 Å². The summed E-state index contributed by atoms with van der Waals surface area (Å²) < 4.78 is 17.1. The molecule has 2 atom stereocenters. The molecule has 32 heavy (non-hydrogen) atoms. The molecule has 0 radical (unpaired) electrons. The Kier molecular flexibility index (Phi) is 6.88. The first-order valence-corrected chi connectivity index (χ1v) is 10.4. The minimum atomic E-state index is -0.764. The molecule has 0 unspecified atom stereocenters. The lowest BCUT2D eigenvalue weighted by Gasteiger charge is -2.34. The number of rotatable bonds is 6. The average Bonchev–Trinajstić information content (AvgIpc) is 2.69. The predicted molar refractivity (Wildman–Crippen MR) is 115 cm³/mol. The molecule has 0 spiro atoms. The Balaban J connectivity index is 1.82. The van der Waals surface area contributed by atoms with Crippen LogP contribution in [0.2, 0.25) is 0 Å². The molecule has 1 aliphatic rings. The van der Waals surface area contributed by atoms with E-state index in [4.69, 9.17) is 14.2 Å². The van der Waals surface area contributed by atoms with Crippen LogP contribution in [0.15, 0.2) is 30.3 Å². The molecule has 2 aromatic carbocycles. The lowest BCUT2D eigenvalue weighted by Crippen LogP contribution is -2.43. The number of carbonyl (C=O) groups is 1. The highest BCUT2D eigenvalue weighted by molar-refractivity contribution is 5.68. The molecule has 1 amide bonds. The van der Waals surface area contributed by atoms with Gasteiger partial charge < -0.3 is 39.5 Å². The molecule has 9 nitrogen and oxygen atoms in total. The van der Waals surface area contributed by atoms with Crippen LogP contribution in [-0.4, -0.2) is 56.4 Å². The lowest BCUT2D eigenvalue weighted by molar-refractivity contribution is -0.108. The molecule has 0 bridgehead atoms. The molecule has 9 heteroatoms. The second-order valence-electron chi connectivity index (χ2n) is 8.26. The highest BCUT2D eigenvalue weighted by atomic mass is 16.7. The zero-order chi connectivity index (χ0) is 23.6. The fourth-order valence-electron chi connectivity index (χ4n) is 3.86. The minimum Gasteiger partial charge on any atom is -0.508 e. The van der Waals surface area contributed by atoms with Gasteiger partial charge in [0.2, 0.25) is 0 Å². The predicted octanol–water partition coefficient (Wildman–Crippen LogP) is 3.78. The van der Waals surface area contributed by atoms with E-state index >= 15 is 0 Å². The Hall–Kier alpha value is -3.33. The van der Waals surface area contributed by atoms with Crippen LogP contribution in [0.5, 0.6) is 28.7 Å². The molecular formula is C23H29NO8. The quantitative estimate of drug-likeness (QED) is 0.389. The SMILES string of the molecule is CC(C)N(C(=O)OCO[C@@H]1Cc2c(O)cc(O)cc2O[C@H]1c1ccc(O)c(O)c1)C(C)C. The highest BCUT2D eigenvalue weighted by Crippen LogP contribution is 2.43. The third-order valence-electron chi connectivity index (χ3n) is 5.28. The number of hydrogen-bond donors (Lipinski definition) is 4. The maximum Gasteiger partial charge on any atom is 0.412 e. The van der Waals surface area contributed by atoms with Crippen LogP contribution in [-0.2, 0) is 15.9 Å². The molecule has 0 saturated heterocycles. The maximum absolute atomic E-state index is 12.5. The number of ether oxygens (including phenoxy) is 3. The third kappa shape index (κ3) is 4.94. The molecule has 0 fully saturated rings. The number of benzene rings is 2. The van der Waals surface area contributed by atoms with E-state index in [0.717, 1.165) is 0 Å². The molecule has 1 heterocycles. The van der Waals surface area contributed by atoms with Crippen molar-refractivity contribution in [2.75, 3.05) is 6.79 Å². The van der Waals surface area contributed by atoms with Crippen molar-refractivity contribution in [1.82, 2.24) is 4.90 Å². The number of phenols is 4. The van der Waals surface area contributed by atoms with Gasteiger partial charge in [-0.15, -0.1) is 0 Å². The van der Waals surface area contributed by atoms with E-state index in [2.05, 4.69) is 0 Å². The fraction of sp³-hybridized carbons (Fsp3) is 0.435. The van der Waals surface area contributed by atoms with Gasteiger partial charge in [0.1, 0.15) is 23.4 Å². The van der Waals surface area contributed by atoms with Crippen molar-refractivity contribution in [2.45, 2.75) is 58.4 Å². The normalized spacial score (nSPS) is 17.7. The zero-order valence-electron chi connectivity index (χ0n) is 18.5. The molecule has 1 aliphatic heterocycles. The summed E-state index contributed by atoms with van der Waals surface area (Å²) in [4.78, 5) is 14.0. The summed E-state index contributed by atoms with van der Waals surface area (Å²) >= 11 is 0. The summed E-state index contributed by atoms with van der Waals surface area (Å²) in [5.74, 6) is -0.658. The van der Waals surface area contributed by atoms with Gasteiger partial charge in [0.15, 0.2) is 24.4 Å². The number of phenolic OH excluding ortho intramolecular Hbond substituents is 4. The average molecular weight is 447 g/mol. The molecule has 0 aromatic heterocycles. The van der Waals surface area contributed by atoms with Crippen LogP contribution in [0.25, 0.3) is 0 Å². The molecular weight excluding hydrogens is 418 g/mol. The Morgan fingerprint density at radius 1 is 1.03 bits per heavy atom. The summed E-state index contributed by atoms with van der Waals surface area (Å²) in [6, 6.07) is 6.71. The first-order chi connectivity index (χ1) is 15.1. The van der Waals surface area contributed by atoms with Gasteiger partial charge >= 0.3 is 6.09 Å². The van der Waals surface area contributed by atoms with E-state index in [0.29, 0.717) is 11.1 Å². The van der Waals surface area contributed by atoms with Crippen LogP contribution in [0.1, 0.15) is 44.9 Å². The Morgan fingerprint density at radius 3 is 2.34 bits per heavy atom. The van der Waals surface area contributed by atoms with Gasteiger partial charge in [-0.2, -0.15) is 0 Å². The van der Waals surface area contributed by atoms with Crippen LogP contribution >= 0.6 is 0 Å². The summed E-state index contributed by atoms with van der Waals surface area (Å²) in [7, 11) is 0. The maximum atomic E-state index is 12.5. The molecule has 2 aromatic rings. The Morgan fingerprint density at radius 2 is 1.72 bits per heavy atom. The van der Waals surface area contributed by atoms with Gasteiger partial charge in [0.05, 0.1) is 0 Å². The second kappa shape index (κ2) is 9.44. The standard InChI is InChI=1S/C23H29NO8/c1-12(2)24(13(3)4)23(29)31-11-30-21-10-16-18(27)8-15(25)9-20(16)32-22(21)14-5-6-17(26)19(28)7-14/h5-9,12-13,21-22,25-28H,10-11H2,1-4H3/t21-,22+/m1/s1. The number of nitrogens with zero attached hydrogens (tertiary/aromatic N) is 1. The van der Waals surface area contributed by atoms with Crippen molar-refractivity contribution < 1.29 is 39.4 Å². The van der Waals surface area contributed by atoms with E-state index in [1.165, 1.54) is 24.3 Å². The first-order valence-electron chi connectivity index (χ1n) is 10.4. The summed E-state index contributed by atoms with van der Waals surface area (Å²) in [6.07, 6.45) is -1.77. The third-order valence-corrected chi connectivity index (χ3v) is 5.28. The summed E-state index contributed by atoms with van der Waals surface area (Å²) in [5.41, 5.74) is 0.931. The number of fused-ring (bicyclic) bond motifs is 1. The van der Waals surface area contributed by atoms with Gasteiger partial charge in [0, 0.05) is 36.2 Å². The van der Waals surface area contributed by atoms with Crippen molar-refractivity contribution in [3.8, 4) is 28.7 Å². The monoisotopic (exact) mass is 447 g/mol. The smallest absolute Gasteiger partial charge is 0.412 e. The Labute approximate surface area is 186 Å². The molecule has 4 N–H and O–H groups in total. The number of hydrogen-bond acceptors (Lipinski definition) is 8. The van der Waals surface area contributed by atoms with E-state index in [1.807, 2.05) is 27.7 Å². The Bertz CT molecular complexity index is 967. The van der Waals surface area contributed by atoms with Crippen molar-refractivity contribution in [2.24, 2.45) is 0 Å². The van der Waals surface area contributed by atoms with E-state index < -0.39 is 18.3 Å². The fourth-order valence-corrected chi connectivity index (χ4v) is 3.86. The van der Waals surface area contributed by atoms with Gasteiger partial charge in [-0.25, -0.2) is 4.79 Å². The number of amides is 1. The van der Waals surface area contributed by atoms with Crippen LogP contribution in [0.4, 0.5) is 4.79 Å². The van der Waals surface area contributed by atoms with Crippen LogP contribution in [0, 0.1) is 0 Å². The summed E-state index contributed by atoms with van der Waals surface area (Å²) in [5, 5.41) is 39.6. The van der Waals surface area contributed by atoms with Crippen LogP contribution < -0.4 is 4.74 Å². The van der Waals surface area contributed by atoms with E-state index in [1.54, 1.807) is 11.0 Å². The van der Waals surface area contributed by atoms with Gasteiger partial charge in [-0.1, -0.05) is 6.07 Å². The zero-order valence-corrected chi connectivity index (χ0v) is 18.5. The molecule has 0 aliphatic carbocycles. The lowest BCUT2D eigenvalue weighted by atomic mass is 9.93. The largest absolute Gasteiger partial charge is 0.508 e. The van der Waals surface area contributed by atoms with Crippen molar-refractivity contribution in [3.63, 3.8) is 0 Å². The van der Waals surface area contributed by atoms with Crippen LogP contribution in [0.3, 0.4) is 0 Å². The van der Waals surface area contributed by atoms with Gasteiger partial charge in [0.25, 0.3) is 0 Å². The minimum absolute atomic E-state index is 0.0512. The highest BCUT2D eigenvalue weighted by Gasteiger charge is 2.35. The van der Waals surface area contributed by atoms with Crippen molar-refractivity contribution in [1.29, 1.82) is 0 Å². The first kappa shape index (κ1) is 23.3.